The third-order valence-electron chi connectivity index (χ3n) is 2.81. The van der Waals surface area contributed by atoms with E-state index in [4.69, 9.17) is 17.0 Å². The fourth-order valence-electron chi connectivity index (χ4n) is 1.88. The van der Waals surface area contributed by atoms with Crippen LogP contribution in [0.2, 0.25) is 0 Å². The zero-order valence-electron chi connectivity index (χ0n) is 10.5. The van der Waals surface area contributed by atoms with Crippen LogP contribution < -0.4 is 0 Å². The highest BCUT2D eigenvalue weighted by Gasteiger charge is 2.21. The van der Waals surface area contributed by atoms with Gasteiger partial charge in [-0.2, -0.15) is 0 Å². The number of thioether (sulfide) groups is 1. The first-order valence-corrected chi connectivity index (χ1v) is 7.36. The van der Waals surface area contributed by atoms with Crippen molar-refractivity contribution in [2.24, 2.45) is 0 Å². The Morgan fingerprint density at radius 3 is 2.83 bits per heavy atom. The van der Waals surface area contributed by atoms with Crippen molar-refractivity contribution in [1.82, 2.24) is 9.80 Å². The van der Waals surface area contributed by atoms with Gasteiger partial charge in [-0.25, -0.2) is 0 Å². The Morgan fingerprint density at radius 1 is 1.33 bits per heavy atom. The second kappa shape index (κ2) is 7.09. The number of hydrogen-bond donors (Lipinski definition) is 0. The standard InChI is InChI=1S/C13H18N2OS2/c1-16-8-7-15-10-14(11-18-13(15)17)9-12-5-3-2-4-6-12/h2-6H,7-11H2,1H3. The summed E-state index contributed by atoms with van der Waals surface area (Å²) in [6.45, 7) is 3.46. The Hall–Kier alpha value is -0.620. The van der Waals surface area contributed by atoms with Crippen molar-refractivity contribution in [3.05, 3.63) is 35.9 Å². The van der Waals surface area contributed by atoms with Crippen LogP contribution in [0, 0.1) is 0 Å². The fourth-order valence-corrected chi connectivity index (χ4v) is 2.98. The lowest BCUT2D eigenvalue weighted by Crippen LogP contribution is -2.45. The number of ether oxygens (including phenoxy) is 1. The zero-order chi connectivity index (χ0) is 12.8. The first kappa shape index (κ1) is 13.8. The van der Waals surface area contributed by atoms with Crippen LogP contribution in [-0.2, 0) is 11.3 Å². The third kappa shape index (κ3) is 3.95. The van der Waals surface area contributed by atoms with E-state index in [0.29, 0.717) is 0 Å². The van der Waals surface area contributed by atoms with E-state index >= 15 is 0 Å². The van der Waals surface area contributed by atoms with E-state index in [2.05, 4.69) is 40.1 Å². The van der Waals surface area contributed by atoms with Crippen LogP contribution in [0.4, 0.5) is 0 Å². The molecule has 0 radical (unpaired) electrons. The molecule has 0 N–H and O–H groups in total. The van der Waals surface area contributed by atoms with E-state index in [9.17, 15) is 0 Å². The minimum atomic E-state index is 0.722. The molecule has 0 bridgehead atoms. The van der Waals surface area contributed by atoms with E-state index < -0.39 is 0 Å². The molecule has 3 nitrogen and oxygen atoms in total. The summed E-state index contributed by atoms with van der Waals surface area (Å²) in [6, 6.07) is 10.5. The zero-order valence-corrected chi connectivity index (χ0v) is 12.2. The van der Waals surface area contributed by atoms with Gasteiger partial charge in [-0.1, -0.05) is 54.3 Å². The molecule has 0 saturated carbocycles. The lowest BCUT2D eigenvalue weighted by molar-refractivity contribution is 0.144. The maximum Gasteiger partial charge on any atom is 0.138 e. The number of rotatable bonds is 5. The summed E-state index contributed by atoms with van der Waals surface area (Å²) in [4.78, 5) is 4.60. The summed E-state index contributed by atoms with van der Waals surface area (Å²) >= 11 is 7.10. The SMILES string of the molecule is COCCN1CN(Cc2ccccc2)CSC1=S. The summed E-state index contributed by atoms with van der Waals surface area (Å²) in [5.41, 5.74) is 1.35. The maximum atomic E-state index is 5.36. The fraction of sp³-hybridized carbons (Fsp3) is 0.462. The van der Waals surface area contributed by atoms with Gasteiger partial charge in [0.15, 0.2) is 0 Å². The average Bonchev–Trinajstić information content (AvgIpc) is 2.40. The lowest BCUT2D eigenvalue weighted by Gasteiger charge is -2.36. The van der Waals surface area contributed by atoms with Gasteiger partial charge in [-0.15, -0.1) is 0 Å². The summed E-state index contributed by atoms with van der Waals surface area (Å²) in [5, 5.41) is 0. The highest BCUT2D eigenvalue weighted by Crippen LogP contribution is 2.20. The molecule has 1 aromatic carbocycles. The molecule has 5 heteroatoms. The molecule has 0 aromatic heterocycles. The van der Waals surface area contributed by atoms with Crippen LogP contribution in [0.5, 0.6) is 0 Å². The van der Waals surface area contributed by atoms with Gasteiger partial charge in [0.1, 0.15) is 4.32 Å². The predicted molar refractivity (Wildman–Crippen MR) is 80.5 cm³/mol. The van der Waals surface area contributed by atoms with Crippen LogP contribution in [0.25, 0.3) is 0 Å². The van der Waals surface area contributed by atoms with E-state index in [1.54, 1.807) is 18.9 Å². The van der Waals surface area contributed by atoms with Gasteiger partial charge < -0.3 is 9.64 Å². The molecular formula is C13H18N2OS2. The number of thiocarbonyl (C=S) groups is 1. The first-order valence-electron chi connectivity index (χ1n) is 5.96. The molecule has 98 valence electrons. The number of hydrogen-bond acceptors (Lipinski definition) is 4. The van der Waals surface area contributed by atoms with Crippen LogP contribution >= 0.6 is 24.0 Å². The molecule has 18 heavy (non-hydrogen) atoms. The molecule has 0 amide bonds. The molecule has 2 rings (SSSR count). The Labute approximate surface area is 118 Å². The molecule has 1 aliphatic heterocycles. The number of methoxy groups -OCH3 is 1. The summed E-state index contributed by atoms with van der Waals surface area (Å²) in [7, 11) is 1.72. The monoisotopic (exact) mass is 282 g/mol. The largest absolute Gasteiger partial charge is 0.383 e. The molecule has 0 aliphatic carbocycles. The van der Waals surface area contributed by atoms with E-state index in [1.807, 2.05) is 0 Å². The Balaban J connectivity index is 1.89. The van der Waals surface area contributed by atoms with Crippen LogP contribution in [0.15, 0.2) is 30.3 Å². The van der Waals surface area contributed by atoms with Gasteiger partial charge in [0.25, 0.3) is 0 Å². The Kier molecular flexibility index (Phi) is 5.44. The molecule has 0 spiro atoms. The summed E-state index contributed by atoms with van der Waals surface area (Å²) in [5.74, 6) is 0.969. The first-order chi connectivity index (χ1) is 8.79. The molecule has 1 aromatic rings. The van der Waals surface area contributed by atoms with Crippen molar-refractivity contribution in [2.75, 3.05) is 32.8 Å². The second-order valence-electron chi connectivity index (χ2n) is 4.25. The second-order valence-corrected chi connectivity index (χ2v) is 5.83. The molecule has 1 fully saturated rings. The van der Waals surface area contributed by atoms with Crippen molar-refractivity contribution >= 4 is 28.3 Å². The van der Waals surface area contributed by atoms with Crippen molar-refractivity contribution in [3.8, 4) is 0 Å². The lowest BCUT2D eigenvalue weighted by atomic mass is 10.2. The Bertz CT molecular complexity index is 386. The average molecular weight is 282 g/mol. The normalized spacial score (nSPS) is 17.2. The van der Waals surface area contributed by atoms with Crippen molar-refractivity contribution in [3.63, 3.8) is 0 Å². The van der Waals surface area contributed by atoms with Gasteiger partial charge in [-0.05, 0) is 5.56 Å². The van der Waals surface area contributed by atoms with Crippen molar-refractivity contribution < 1.29 is 4.74 Å². The minimum absolute atomic E-state index is 0.722. The summed E-state index contributed by atoms with van der Waals surface area (Å²) in [6.07, 6.45) is 0. The van der Waals surface area contributed by atoms with Crippen LogP contribution in [0.3, 0.4) is 0 Å². The van der Waals surface area contributed by atoms with Gasteiger partial charge in [0, 0.05) is 20.2 Å². The smallest absolute Gasteiger partial charge is 0.138 e. The van der Waals surface area contributed by atoms with Crippen molar-refractivity contribution in [2.45, 2.75) is 6.54 Å². The molecule has 1 aliphatic rings. The molecular weight excluding hydrogens is 264 g/mol. The Morgan fingerprint density at radius 2 is 2.11 bits per heavy atom. The summed E-state index contributed by atoms with van der Waals surface area (Å²) < 4.78 is 6.10. The number of benzene rings is 1. The van der Waals surface area contributed by atoms with E-state index in [1.165, 1.54) is 5.56 Å². The quantitative estimate of drug-likeness (QED) is 0.768. The predicted octanol–water partition coefficient (Wildman–Crippen LogP) is 2.38. The van der Waals surface area contributed by atoms with Gasteiger partial charge >= 0.3 is 0 Å². The highest BCUT2D eigenvalue weighted by molar-refractivity contribution is 8.22. The highest BCUT2D eigenvalue weighted by atomic mass is 32.2. The third-order valence-corrected chi connectivity index (χ3v) is 4.42. The topological polar surface area (TPSA) is 15.7 Å². The molecule has 1 heterocycles. The molecule has 1 saturated heterocycles. The van der Waals surface area contributed by atoms with Crippen molar-refractivity contribution in [1.29, 1.82) is 0 Å². The maximum absolute atomic E-state index is 5.36. The van der Waals surface area contributed by atoms with E-state index in [-0.39, 0.29) is 0 Å². The van der Waals surface area contributed by atoms with Gasteiger partial charge in [0.05, 0.1) is 19.2 Å². The molecule has 0 unspecified atom stereocenters. The van der Waals surface area contributed by atoms with Crippen LogP contribution in [-0.4, -0.2) is 46.9 Å². The van der Waals surface area contributed by atoms with Crippen LogP contribution in [0.1, 0.15) is 5.56 Å². The van der Waals surface area contributed by atoms with Gasteiger partial charge in [0.2, 0.25) is 0 Å². The van der Waals surface area contributed by atoms with Gasteiger partial charge in [-0.3, -0.25) is 4.90 Å². The van der Waals surface area contributed by atoms with E-state index in [0.717, 1.165) is 36.6 Å². The minimum Gasteiger partial charge on any atom is -0.383 e. The number of nitrogens with zero attached hydrogens (tertiary/aromatic N) is 2. The molecule has 0 atom stereocenters.